The standard InChI is InChI=1S/C13H20ClFN2/c1-10(16)4-3-7-17(2)9-11-5-6-13(15)12(14)8-11/h5-6,8,10H,3-4,7,9,16H2,1-2H3. The molecule has 1 unspecified atom stereocenters. The molecule has 1 aromatic rings. The molecular formula is C13H20ClFN2. The van der Waals surface area contributed by atoms with E-state index in [2.05, 4.69) is 4.90 Å². The van der Waals surface area contributed by atoms with Crippen LogP contribution in [-0.4, -0.2) is 24.5 Å². The minimum Gasteiger partial charge on any atom is -0.328 e. The van der Waals surface area contributed by atoms with Crippen LogP contribution in [0.2, 0.25) is 5.02 Å². The van der Waals surface area contributed by atoms with Crippen LogP contribution in [0.3, 0.4) is 0 Å². The van der Waals surface area contributed by atoms with Gasteiger partial charge in [0.05, 0.1) is 5.02 Å². The van der Waals surface area contributed by atoms with Gasteiger partial charge in [0, 0.05) is 12.6 Å². The highest BCUT2D eigenvalue weighted by Gasteiger charge is 2.04. The van der Waals surface area contributed by atoms with Gasteiger partial charge in [0.2, 0.25) is 0 Å². The largest absolute Gasteiger partial charge is 0.328 e. The van der Waals surface area contributed by atoms with Gasteiger partial charge in [-0.25, -0.2) is 4.39 Å². The maximum atomic E-state index is 13.0. The molecule has 1 rings (SSSR count). The van der Waals surface area contributed by atoms with Gasteiger partial charge in [-0.15, -0.1) is 0 Å². The topological polar surface area (TPSA) is 29.3 Å². The lowest BCUT2D eigenvalue weighted by Gasteiger charge is -2.17. The fourth-order valence-electron chi connectivity index (χ4n) is 1.71. The average molecular weight is 259 g/mol. The van der Waals surface area contributed by atoms with E-state index < -0.39 is 0 Å². The molecule has 0 spiro atoms. The highest BCUT2D eigenvalue weighted by molar-refractivity contribution is 6.30. The molecule has 0 aliphatic carbocycles. The molecule has 0 aromatic heterocycles. The Morgan fingerprint density at radius 2 is 2.18 bits per heavy atom. The highest BCUT2D eigenvalue weighted by atomic mass is 35.5. The summed E-state index contributed by atoms with van der Waals surface area (Å²) in [5.74, 6) is -0.366. The molecule has 0 bridgehead atoms. The molecule has 4 heteroatoms. The number of rotatable bonds is 6. The number of nitrogens with zero attached hydrogens (tertiary/aromatic N) is 1. The third kappa shape index (κ3) is 5.48. The summed E-state index contributed by atoms with van der Waals surface area (Å²) in [6.45, 7) is 3.77. The third-order valence-electron chi connectivity index (χ3n) is 2.64. The first-order chi connectivity index (χ1) is 7.99. The van der Waals surface area contributed by atoms with Crippen LogP contribution in [0.25, 0.3) is 0 Å². The van der Waals surface area contributed by atoms with Crippen molar-refractivity contribution in [1.82, 2.24) is 4.90 Å². The van der Waals surface area contributed by atoms with Crippen LogP contribution in [-0.2, 0) is 6.54 Å². The summed E-state index contributed by atoms with van der Waals surface area (Å²) >= 11 is 5.73. The molecule has 0 fully saturated rings. The van der Waals surface area contributed by atoms with Crippen molar-refractivity contribution < 1.29 is 4.39 Å². The number of nitrogens with two attached hydrogens (primary N) is 1. The van der Waals surface area contributed by atoms with E-state index in [-0.39, 0.29) is 16.9 Å². The molecule has 17 heavy (non-hydrogen) atoms. The fourth-order valence-corrected chi connectivity index (χ4v) is 1.92. The number of benzene rings is 1. The van der Waals surface area contributed by atoms with E-state index in [4.69, 9.17) is 17.3 Å². The molecule has 0 heterocycles. The smallest absolute Gasteiger partial charge is 0.141 e. The molecule has 2 N–H and O–H groups in total. The van der Waals surface area contributed by atoms with Gasteiger partial charge in [-0.2, -0.15) is 0 Å². The molecule has 0 saturated carbocycles. The molecule has 0 aliphatic rings. The van der Waals surface area contributed by atoms with Crippen molar-refractivity contribution in [2.75, 3.05) is 13.6 Å². The first-order valence-corrected chi connectivity index (χ1v) is 6.25. The normalized spacial score (nSPS) is 13.1. The van der Waals surface area contributed by atoms with Crippen molar-refractivity contribution in [1.29, 1.82) is 0 Å². The van der Waals surface area contributed by atoms with Gasteiger partial charge >= 0.3 is 0 Å². The Balaban J connectivity index is 2.39. The Morgan fingerprint density at radius 3 is 2.76 bits per heavy atom. The van der Waals surface area contributed by atoms with Crippen molar-refractivity contribution in [2.24, 2.45) is 5.73 Å². The van der Waals surface area contributed by atoms with E-state index in [0.717, 1.165) is 31.5 Å². The second-order valence-electron chi connectivity index (χ2n) is 4.61. The van der Waals surface area contributed by atoms with Crippen molar-refractivity contribution in [3.05, 3.63) is 34.6 Å². The summed E-state index contributed by atoms with van der Waals surface area (Å²) in [6, 6.07) is 5.11. The Labute approximate surface area is 108 Å². The lowest BCUT2D eigenvalue weighted by molar-refractivity contribution is 0.315. The number of halogens is 2. The third-order valence-corrected chi connectivity index (χ3v) is 2.93. The van der Waals surface area contributed by atoms with Crippen molar-refractivity contribution >= 4 is 11.6 Å². The van der Waals surface area contributed by atoms with Gasteiger partial charge in [0.15, 0.2) is 0 Å². The highest BCUT2D eigenvalue weighted by Crippen LogP contribution is 2.17. The summed E-state index contributed by atoms with van der Waals surface area (Å²) in [4.78, 5) is 2.19. The zero-order chi connectivity index (χ0) is 12.8. The second-order valence-corrected chi connectivity index (χ2v) is 5.01. The molecule has 0 aliphatic heterocycles. The van der Waals surface area contributed by atoms with E-state index in [9.17, 15) is 4.39 Å². The monoisotopic (exact) mass is 258 g/mol. The quantitative estimate of drug-likeness (QED) is 0.850. The Hall–Kier alpha value is -0.640. The number of hydrogen-bond donors (Lipinski definition) is 1. The SMILES string of the molecule is CC(N)CCCN(C)Cc1ccc(F)c(Cl)c1. The van der Waals surface area contributed by atoms with Crippen LogP contribution in [0.15, 0.2) is 18.2 Å². The van der Waals surface area contributed by atoms with Crippen LogP contribution >= 0.6 is 11.6 Å². The van der Waals surface area contributed by atoms with E-state index in [1.54, 1.807) is 12.1 Å². The van der Waals surface area contributed by atoms with E-state index in [1.807, 2.05) is 14.0 Å². The Kier molecular flexibility index (Phi) is 5.89. The van der Waals surface area contributed by atoms with Crippen molar-refractivity contribution in [3.8, 4) is 0 Å². The first-order valence-electron chi connectivity index (χ1n) is 5.87. The minimum absolute atomic E-state index is 0.187. The maximum absolute atomic E-state index is 13.0. The minimum atomic E-state index is -0.366. The summed E-state index contributed by atoms with van der Waals surface area (Å²) in [5, 5.41) is 0.187. The van der Waals surface area contributed by atoms with Gasteiger partial charge < -0.3 is 10.6 Å². The van der Waals surface area contributed by atoms with Crippen LogP contribution in [0.1, 0.15) is 25.3 Å². The van der Waals surface area contributed by atoms with Gasteiger partial charge in [0.25, 0.3) is 0 Å². The molecule has 0 radical (unpaired) electrons. The summed E-state index contributed by atoms with van der Waals surface area (Å²) < 4.78 is 13.0. The summed E-state index contributed by atoms with van der Waals surface area (Å²) in [5.41, 5.74) is 6.72. The maximum Gasteiger partial charge on any atom is 0.141 e. The molecule has 0 amide bonds. The zero-order valence-corrected chi connectivity index (χ0v) is 11.2. The van der Waals surface area contributed by atoms with E-state index in [1.165, 1.54) is 6.07 Å². The van der Waals surface area contributed by atoms with Gasteiger partial charge in [0.1, 0.15) is 5.82 Å². The van der Waals surface area contributed by atoms with Crippen LogP contribution in [0.5, 0.6) is 0 Å². The Morgan fingerprint density at radius 1 is 1.47 bits per heavy atom. The molecule has 1 aromatic carbocycles. The van der Waals surface area contributed by atoms with Crippen LogP contribution in [0, 0.1) is 5.82 Å². The first kappa shape index (κ1) is 14.4. The molecule has 0 saturated heterocycles. The van der Waals surface area contributed by atoms with Crippen molar-refractivity contribution in [3.63, 3.8) is 0 Å². The van der Waals surface area contributed by atoms with Gasteiger partial charge in [-0.1, -0.05) is 17.7 Å². The molecule has 96 valence electrons. The molecular weight excluding hydrogens is 239 g/mol. The average Bonchev–Trinajstić information content (AvgIpc) is 2.23. The fraction of sp³-hybridized carbons (Fsp3) is 0.538. The predicted molar refractivity (Wildman–Crippen MR) is 70.6 cm³/mol. The number of hydrogen-bond acceptors (Lipinski definition) is 2. The van der Waals surface area contributed by atoms with Gasteiger partial charge in [-0.3, -0.25) is 0 Å². The summed E-state index contributed by atoms with van der Waals surface area (Å²) in [6.07, 6.45) is 2.09. The second kappa shape index (κ2) is 6.94. The predicted octanol–water partition coefficient (Wildman–Crippen LogP) is 3.04. The zero-order valence-electron chi connectivity index (χ0n) is 10.4. The lowest BCUT2D eigenvalue weighted by Crippen LogP contribution is -2.22. The van der Waals surface area contributed by atoms with Crippen LogP contribution < -0.4 is 5.73 Å². The van der Waals surface area contributed by atoms with E-state index >= 15 is 0 Å². The molecule has 1 atom stereocenters. The van der Waals surface area contributed by atoms with Crippen molar-refractivity contribution in [2.45, 2.75) is 32.4 Å². The van der Waals surface area contributed by atoms with Crippen LogP contribution in [0.4, 0.5) is 4.39 Å². The van der Waals surface area contributed by atoms with Gasteiger partial charge in [-0.05, 0) is 51.1 Å². The Bertz CT molecular complexity index is 355. The lowest BCUT2D eigenvalue weighted by atomic mass is 10.1. The summed E-state index contributed by atoms with van der Waals surface area (Å²) in [7, 11) is 2.04. The van der Waals surface area contributed by atoms with E-state index in [0.29, 0.717) is 0 Å². The molecule has 2 nitrogen and oxygen atoms in total.